The van der Waals surface area contributed by atoms with Crippen LogP contribution in [0.1, 0.15) is 36.6 Å². The Hall–Kier alpha value is -1.87. The van der Waals surface area contributed by atoms with Crippen molar-refractivity contribution in [1.29, 1.82) is 0 Å². The number of rotatable bonds is 6. The van der Waals surface area contributed by atoms with Crippen molar-refractivity contribution in [2.24, 2.45) is 5.92 Å². The zero-order chi connectivity index (χ0) is 14.7. The standard InChI is InChI=1S/C18H22N2O/c1-13(14-6-5-7-16(10-14)21-2)20-12-15-11-17(15)18-8-3-4-9-19-18/h3-10,13,15,17,20H,11-12H2,1-2H3/t13-,15?,17?/m1/s1. The monoisotopic (exact) mass is 282 g/mol. The van der Waals surface area contributed by atoms with Crippen molar-refractivity contribution in [1.82, 2.24) is 10.3 Å². The Morgan fingerprint density at radius 1 is 1.29 bits per heavy atom. The van der Waals surface area contributed by atoms with E-state index in [2.05, 4.69) is 41.5 Å². The maximum Gasteiger partial charge on any atom is 0.119 e. The van der Waals surface area contributed by atoms with Crippen LogP contribution in [0.3, 0.4) is 0 Å². The normalized spacial score (nSPS) is 21.8. The number of aromatic nitrogens is 1. The van der Waals surface area contributed by atoms with Gasteiger partial charge in [-0.3, -0.25) is 4.98 Å². The molecule has 1 saturated carbocycles. The molecule has 0 saturated heterocycles. The van der Waals surface area contributed by atoms with Crippen LogP contribution in [0.2, 0.25) is 0 Å². The highest BCUT2D eigenvalue weighted by Crippen LogP contribution is 2.46. The van der Waals surface area contributed by atoms with Gasteiger partial charge >= 0.3 is 0 Å². The first-order valence-electron chi connectivity index (χ1n) is 7.56. The topological polar surface area (TPSA) is 34.1 Å². The molecular formula is C18H22N2O. The predicted octanol–water partition coefficient (Wildman–Crippen LogP) is 3.54. The summed E-state index contributed by atoms with van der Waals surface area (Å²) < 4.78 is 5.28. The van der Waals surface area contributed by atoms with Crippen LogP contribution >= 0.6 is 0 Å². The van der Waals surface area contributed by atoms with E-state index < -0.39 is 0 Å². The first-order valence-corrected chi connectivity index (χ1v) is 7.56. The van der Waals surface area contributed by atoms with Gasteiger partial charge in [0.15, 0.2) is 0 Å². The summed E-state index contributed by atoms with van der Waals surface area (Å²) in [6.07, 6.45) is 3.13. The molecule has 0 amide bonds. The lowest BCUT2D eigenvalue weighted by Crippen LogP contribution is -2.21. The van der Waals surface area contributed by atoms with Gasteiger partial charge in [-0.25, -0.2) is 0 Å². The van der Waals surface area contributed by atoms with Crippen molar-refractivity contribution >= 4 is 0 Å². The second kappa shape index (κ2) is 6.27. The van der Waals surface area contributed by atoms with Crippen molar-refractivity contribution in [3.63, 3.8) is 0 Å². The fraction of sp³-hybridized carbons (Fsp3) is 0.389. The second-order valence-electron chi connectivity index (χ2n) is 5.76. The third-order valence-electron chi connectivity index (χ3n) is 4.27. The maximum absolute atomic E-state index is 5.28. The van der Waals surface area contributed by atoms with Crippen LogP contribution in [-0.2, 0) is 0 Å². The van der Waals surface area contributed by atoms with Gasteiger partial charge in [-0.1, -0.05) is 18.2 Å². The maximum atomic E-state index is 5.28. The fourth-order valence-electron chi connectivity index (χ4n) is 2.79. The molecule has 1 aliphatic carbocycles. The molecule has 1 N–H and O–H groups in total. The summed E-state index contributed by atoms with van der Waals surface area (Å²) in [7, 11) is 1.71. The lowest BCUT2D eigenvalue weighted by Gasteiger charge is -2.15. The Labute approximate surface area is 126 Å². The summed E-state index contributed by atoms with van der Waals surface area (Å²) in [6, 6.07) is 14.8. The first kappa shape index (κ1) is 14.1. The lowest BCUT2D eigenvalue weighted by atomic mass is 10.1. The van der Waals surface area contributed by atoms with E-state index in [0.717, 1.165) is 12.3 Å². The smallest absolute Gasteiger partial charge is 0.119 e. The molecule has 3 heteroatoms. The van der Waals surface area contributed by atoms with Gasteiger partial charge in [0.1, 0.15) is 5.75 Å². The van der Waals surface area contributed by atoms with E-state index in [9.17, 15) is 0 Å². The Balaban J connectivity index is 1.52. The highest BCUT2D eigenvalue weighted by Gasteiger charge is 2.38. The average Bonchev–Trinajstić information content (AvgIpc) is 3.33. The Morgan fingerprint density at radius 2 is 2.19 bits per heavy atom. The number of nitrogens with one attached hydrogen (secondary N) is 1. The zero-order valence-electron chi connectivity index (χ0n) is 12.6. The van der Waals surface area contributed by atoms with E-state index in [1.54, 1.807) is 7.11 Å². The van der Waals surface area contributed by atoms with E-state index >= 15 is 0 Å². The van der Waals surface area contributed by atoms with E-state index in [-0.39, 0.29) is 0 Å². The fourth-order valence-corrected chi connectivity index (χ4v) is 2.79. The molecule has 1 heterocycles. The van der Waals surface area contributed by atoms with Gasteiger partial charge in [0.2, 0.25) is 0 Å². The van der Waals surface area contributed by atoms with Crippen molar-refractivity contribution < 1.29 is 4.74 Å². The molecule has 0 spiro atoms. The van der Waals surface area contributed by atoms with Gasteiger partial charge in [-0.05, 0) is 55.6 Å². The van der Waals surface area contributed by atoms with Crippen molar-refractivity contribution in [2.75, 3.05) is 13.7 Å². The molecule has 2 aromatic rings. The minimum Gasteiger partial charge on any atom is -0.497 e. The summed E-state index contributed by atoms with van der Waals surface area (Å²) in [5, 5.41) is 3.63. The van der Waals surface area contributed by atoms with Gasteiger partial charge in [-0.15, -0.1) is 0 Å². The van der Waals surface area contributed by atoms with Crippen LogP contribution < -0.4 is 10.1 Å². The number of hydrogen-bond donors (Lipinski definition) is 1. The molecule has 0 aliphatic heterocycles. The van der Waals surface area contributed by atoms with Crippen LogP contribution in [0, 0.1) is 5.92 Å². The molecule has 0 bridgehead atoms. The largest absolute Gasteiger partial charge is 0.497 e. The predicted molar refractivity (Wildman–Crippen MR) is 84.5 cm³/mol. The number of hydrogen-bond acceptors (Lipinski definition) is 3. The minimum atomic E-state index is 0.338. The Kier molecular flexibility index (Phi) is 4.20. The second-order valence-corrected chi connectivity index (χ2v) is 5.76. The van der Waals surface area contributed by atoms with E-state index in [1.165, 1.54) is 17.7 Å². The number of pyridine rings is 1. The van der Waals surface area contributed by atoms with Crippen molar-refractivity contribution in [3.8, 4) is 5.75 Å². The molecule has 1 fully saturated rings. The number of methoxy groups -OCH3 is 1. The van der Waals surface area contributed by atoms with Crippen LogP contribution in [0.4, 0.5) is 0 Å². The third kappa shape index (κ3) is 3.42. The highest BCUT2D eigenvalue weighted by atomic mass is 16.5. The van der Waals surface area contributed by atoms with Crippen molar-refractivity contribution in [3.05, 3.63) is 59.9 Å². The summed E-state index contributed by atoms with van der Waals surface area (Å²) >= 11 is 0. The van der Waals surface area contributed by atoms with Gasteiger partial charge in [0.25, 0.3) is 0 Å². The zero-order valence-corrected chi connectivity index (χ0v) is 12.6. The molecule has 110 valence electrons. The molecule has 3 rings (SSSR count). The van der Waals surface area contributed by atoms with Crippen LogP contribution in [0.5, 0.6) is 5.75 Å². The molecule has 0 radical (unpaired) electrons. The number of nitrogens with zero attached hydrogens (tertiary/aromatic N) is 1. The van der Waals surface area contributed by atoms with Crippen LogP contribution in [0.25, 0.3) is 0 Å². The van der Waals surface area contributed by atoms with Gasteiger partial charge in [0, 0.05) is 23.9 Å². The number of benzene rings is 1. The molecular weight excluding hydrogens is 260 g/mol. The average molecular weight is 282 g/mol. The SMILES string of the molecule is COc1cccc([C@@H](C)NCC2CC2c2ccccn2)c1. The van der Waals surface area contributed by atoms with Crippen molar-refractivity contribution in [2.45, 2.75) is 25.3 Å². The third-order valence-corrected chi connectivity index (χ3v) is 4.27. The highest BCUT2D eigenvalue weighted by molar-refractivity contribution is 5.30. The molecule has 3 atom stereocenters. The number of ether oxygens (including phenoxy) is 1. The van der Waals surface area contributed by atoms with Crippen LogP contribution in [0.15, 0.2) is 48.7 Å². The Morgan fingerprint density at radius 3 is 2.95 bits per heavy atom. The molecule has 3 nitrogen and oxygen atoms in total. The first-order chi connectivity index (χ1) is 10.3. The molecule has 2 unspecified atom stereocenters. The summed E-state index contributed by atoms with van der Waals surface area (Å²) in [6.45, 7) is 3.24. The van der Waals surface area contributed by atoms with Gasteiger partial charge < -0.3 is 10.1 Å². The molecule has 1 aromatic heterocycles. The summed E-state index contributed by atoms with van der Waals surface area (Å²) in [5.41, 5.74) is 2.50. The summed E-state index contributed by atoms with van der Waals surface area (Å²) in [5.74, 6) is 2.27. The lowest BCUT2D eigenvalue weighted by molar-refractivity contribution is 0.413. The van der Waals surface area contributed by atoms with E-state index in [0.29, 0.717) is 17.9 Å². The summed E-state index contributed by atoms with van der Waals surface area (Å²) in [4.78, 5) is 4.45. The van der Waals surface area contributed by atoms with Crippen LogP contribution in [-0.4, -0.2) is 18.6 Å². The van der Waals surface area contributed by atoms with Gasteiger partial charge in [0.05, 0.1) is 7.11 Å². The van der Waals surface area contributed by atoms with E-state index in [1.807, 2.05) is 24.4 Å². The quantitative estimate of drug-likeness (QED) is 0.880. The molecule has 1 aromatic carbocycles. The van der Waals surface area contributed by atoms with Gasteiger partial charge in [-0.2, -0.15) is 0 Å². The molecule has 1 aliphatic rings. The van der Waals surface area contributed by atoms with E-state index in [4.69, 9.17) is 4.74 Å². The minimum absolute atomic E-state index is 0.338. The Bertz CT molecular complexity index is 585. The molecule has 21 heavy (non-hydrogen) atoms.